The normalized spacial score (nSPS) is 18.0. The van der Waals surface area contributed by atoms with E-state index in [2.05, 4.69) is 0 Å². The third-order valence-corrected chi connectivity index (χ3v) is 4.25. The van der Waals surface area contributed by atoms with Gasteiger partial charge in [0.05, 0.1) is 11.8 Å². The van der Waals surface area contributed by atoms with Gasteiger partial charge in [0.2, 0.25) is 0 Å². The summed E-state index contributed by atoms with van der Waals surface area (Å²) in [6.45, 7) is 0. The maximum absolute atomic E-state index is 14.0. The molecule has 1 aliphatic rings. The molecule has 24 heavy (non-hydrogen) atoms. The molecule has 1 atom stereocenters. The zero-order chi connectivity index (χ0) is 17.3. The van der Waals surface area contributed by atoms with E-state index in [1.807, 2.05) is 6.07 Å². The van der Waals surface area contributed by atoms with Gasteiger partial charge in [-0.25, -0.2) is 4.39 Å². The molecule has 1 aliphatic heterocycles. The highest BCUT2D eigenvalue weighted by molar-refractivity contribution is 6.27. The second kappa shape index (κ2) is 6.28. The van der Waals surface area contributed by atoms with Gasteiger partial charge in [0, 0.05) is 24.6 Å². The predicted octanol–water partition coefficient (Wildman–Crippen LogP) is 3.61. The summed E-state index contributed by atoms with van der Waals surface area (Å²) in [4.78, 5) is 14.1. The van der Waals surface area contributed by atoms with Crippen LogP contribution in [0.2, 0.25) is 0 Å². The highest BCUT2D eigenvalue weighted by Crippen LogP contribution is 2.35. The molecule has 2 aromatic rings. The monoisotopic (exact) mass is 324 g/mol. The average molecular weight is 324 g/mol. The van der Waals surface area contributed by atoms with Crippen molar-refractivity contribution in [2.45, 2.75) is 12.5 Å². The highest BCUT2D eigenvalue weighted by Gasteiger charge is 2.36. The largest absolute Gasteiger partial charge is 0.511 e. The zero-order valence-corrected chi connectivity index (χ0v) is 13.2. The van der Waals surface area contributed by atoms with Gasteiger partial charge in [0.1, 0.15) is 17.1 Å². The number of amides is 1. The van der Waals surface area contributed by atoms with E-state index in [-0.39, 0.29) is 23.5 Å². The molecule has 0 aromatic heterocycles. The van der Waals surface area contributed by atoms with E-state index >= 15 is 0 Å². The smallest absolute Gasteiger partial charge is 0.259 e. The van der Waals surface area contributed by atoms with Crippen molar-refractivity contribution in [1.29, 1.82) is 5.41 Å². The molecule has 1 unspecified atom stereocenters. The topological polar surface area (TPSA) is 64.4 Å². The number of aliphatic hydroxyl groups is 1. The standard InChI is InChI=1S/C19H17FN2O2/c1-22-15(13-9-5-6-10-14(13)20)11-16(23)17(19(22)24)18(21)12-7-3-2-4-8-12/h2-10,15,21,23H,11H2,1H3. The average Bonchev–Trinajstić information content (AvgIpc) is 2.59. The van der Waals surface area contributed by atoms with Gasteiger partial charge >= 0.3 is 0 Å². The molecule has 122 valence electrons. The van der Waals surface area contributed by atoms with E-state index in [4.69, 9.17) is 5.41 Å². The fourth-order valence-corrected chi connectivity index (χ4v) is 2.93. The van der Waals surface area contributed by atoms with Crippen LogP contribution in [-0.4, -0.2) is 28.7 Å². The molecule has 3 rings (SSSR count). The van der Waals surface area contributed by atoms with E-state index in [0.29, 0.717) is 11.1 Å². The Bertz CT molecular complexity index is 830. The Morgan fingerprint density at radius 1 is 1.17 bits per heavy atom. The second-order valence-electron chi connectivity index (χ2n) is 5.72. The lowest BCUT2D eigenvalue weighted by molar-refractivity contribution is -0.128. The third-order valence-electron chi connectivity index (χ3n) is 4.25. The summed E-state index contributed by atoms with van der Waals surface area (Å²) in [5, 5.41) is 18.6. The number of halogens is 1. The quantitative estimate of drug-likeness (QED) is 0.847. The minimum Gasteiger partial charge on any atom is -0.511 e. The third kappa shape index (κ3) is 2.69. The van der Waals surface area contributed by atoms with Crippen molar-refractivity contribution in [1.82, 2.24) is 4.90 Å². The van der Waals surface area contributed by atoms with E-state index in [0.717, 1.165) is 0 Å². The molecule has 0 aliphatic carbocycles. The van der Waals surface area contributed by atoms with Gasteiger partial charge in [0.15, 0.2) is 0 Å². The number of hydrogen-bond acceptors (Lipinski definition) is 3. The maximum atomic E-state index is 14.0. The first-order valence-electron chi connectivity index (χ1n) is 7.58. The number of likely N-dealkylation sites (N-methyl/N-ethyl adjacent to an activating group) is 1. The number of rotatable bonds is 3. The van der Waals surface area contributed by atoms with Crippen molar-refractivity contribution < 1.29 is 14.3 Å². The van der Waals surface area contributed by atoms with Crippen LogP contribution in [0.25, 0.3) is 0 Å². The fraction of sp³-hybridized carbons (Fsp3) is 0.158. The van der Waals surface area contributed by atoms with Gasteiger partial charge in [-0.2, -0.15) is 0 Å². The molecule has 0 saturated carbocycles. The van der Waals surface area contributed by atoms with E-state index in [1.54, 1.807) is 49.5 Å². The summed E-state index contributed by atoms with van der Waals surface area (Å²) in [6, 6.07) is 14.4. The van der Waals surface area contributed by atoms with Crippen molar-refractivity contribution in [2.24, 2.45) is 0 Å². The minimum atomic E-state index is -0.592. The molecule has 5 heteroatoms. The number of benzene rings is 2. The van der Waals surface area contributed by atoms with Crippen LogP contribution in [0.4, 0.5) is 4.39 Å². The Morgan fingerprint density at radius 3 is 2.46 bits per heavy atom. The molecule has 2 aromatic carbocycles. The molecule has 0 radical (unpaired) electrons. The molecule has 0 bridgehead atoms. The summed E-state index contributed by atoms with van der Waals surface area (Å²) >= 11 is 0. The SMILES string of the molecule is CN1C(=O)C(C(=N)c2ccccc2)=C(O)CC1c1ccccc1F. The summed E-state index contributed by atoms with van der Waals surface area (Å²) in [6.07, 6.45) is 0.0771. The highest BCUT2D eigenvalue weighted by atomic mass is 19.1. The predicted molar refractivity (Wildman–Crippen MR) is 89.5 cm³/mol. The Hall–Kier alpha value is -2.95. The fourth-order valence-electron chi connectivity index (χ4n) is 2.93. The molecule has 1 heterocycles. The number of hydrogen-bond donors (Lipinski definition) is 2. The van der Waals surface area contributed by atoms with Crippen LogP contribution in [-0.2, 0) is 4.79 Å². The van der Waals surface area contributed by atoms with Crippen molar-refractivity contribution in [3.63, 3.8) is 0 Å². The van der Waals surface area contributed by atoms with Crippen LogP contribution in [0.5, 0.6) is 0 Å². The first-order valence-corrected chi connectivity index (χ1v) is 7.58. The number of aliphatic hydroxyl groups excluding tert-OH is 1. The Labute approximate surface area is 139 Å². The summed E-state index contributed by atoms with van der Waals surface area (Å²) < 4.78 is 14.0. The van der Waals surface area contributed by atoms with Gasteiger partial charge in [0.25, 0.3) is 5.91 Å². The molecule has 0 spiro atoms. The van der Waals surface area contributed by atoms with Gasteiger partial charge in [-0.05, 0) is 6.07 Å². The minimum absolute atomic E-state index is 0.0306. The summed E-state index contributed by atoms with van der Waals surface area (Å²) in [5.74, 6) is -1.09. The second-order valence-corrected chi connectivity index (χ2v) is 5.72. The molecule has 0 saturated heterocycles. The first kappa shape index (κ1) is 15.9. The number of nitrogens with zero attached hydrogens (tertiary/aromatic N) is 1. The first-order chi connectivity index (χ1) is 11.5. The van der Waals surface area contributed by atoms with Gasteiger partial charge in [-0.3, -0.25) is 10.2 Å². The Balaban J connectivity index is 1.99. The molecule has 2 N–H and O–H groups in total. The lowest BCUT2D eigenvalue weighted by Gasteiger charge is -2.34. The molecular weight excluding hydrogens is 307 g/mol. The van der Waals surface area contributed by atoms with Crippen molar-refractivity contribution >= 4 is 11.6 Å². The molecular formula is C19H17FN2O2. The lowest BCUT2D eigenvalue weighted by Crippen LogP contribution is -2.39. The van der Waals surface area contributed by atoms with Crippen LogP contribution in [0, 0.1) is 11.2 Å². The van der Waals surface area contributed by atoms with E-state index in [1.165, 1.54) is 11.0 Å². The lowest BCUT2D eigenvalue weighted by atomic mass is 9.90. The van der Waals surface area contributed by atoms with Gasteiger partial charge < -0.3 is 10.0 Å². The molecule has 1 amide bonds. The number of carbonyl (C=O) groups excluding carboxylic acids is 1. The Kier molecular flexibility index (Phi) is 4.16. The number of carbonyl (C=O) groups is 1. The van der Waals surface area contributed by atoms with Crippen LogP contribution in [0.3, 0.4) is 0 Å². The zero-order valence-electron chi connectivity index (χ0n) is 13.2. The van der Waals surface area contributed by atoms with Crippen LogP contribution in [0.1, 0.15) is 23.6 Å². The van der Waals surface area contributed by atoms with Crippen LogP contribution >= 0.6 is 0 Å². The van der Waals surface area contributed by atoms with Gasteiger partial charge in [-0.1, -0.05) is 48.5 Å². The summed E-state index contributed by atoms with van der Waals surface area (Å²) in [7, 11) is 1.56. The van der Waals surface area contributed by atoms with Crippen molar-refractivity contribution in [2.75, 3.05) is 7.05 Å². The van der Waals surface area contributed by atoms with Crippen LogP contribution in [0.15, 0.2) is 65.9 Å². The molecule has 4 nitrogen and oxygen atoms in total. The summed E-state index contributed by atoms with van der Waals surface area (Å²) in [5.41, 5.74) is 0.837. The van der Waals surface area contributed by atoms with Crippen molar-refractivity contribution in [3.05, 3.63) is 82.9 Å². The van der Waals surface area contributed by atoms with Crippen molar-refractivity contribution in [3.8, 4) is 0 Å². The van der Waals surface area contributed by atoms with E-state index < -0.39 is 17.8 Å². The van der Waals surface area contributed by atoms with Crippen LogP contribution < -0.4 is 0 Å². The maximum Gasteiger partial charge on any atom is 0.259 e. The van der Waals surface area contributed by atoms with Gasteiger partial charge in [-0.15, -0.1) is 0 Å². The van der Waals surface area contributed by atoms with E-state index in [9.17, 15) is 14.3 Å². The Morgan fingerprint density at radius 2 is 1.79 bits per heavy atom. The number of nitrogens with one attached hydrogen (secondary N) is 1. The molecule has 0 fully saturated rings.